The van der Waals surface area contributed by atoms with E-state index in [1.165, 1.54) is 17.2 Å². The molecule has 12 nitrogen and oxygen atoms in total. The fourth-order valence-corrected chi connectivity index (χ4v) is 5.32. The number of rotatable bonds is 12. The van der Waals surface area contributed by atoms with E-state index >= 15 is 0 Å². The number of benzene rings is 1. The molecule has 3 rings (SSSR count). The maximum absolute atomic E-state index is 12.8. The minimum atomic E-state index is -3.81. The molecule has 0 saturated carbocycles. The van der Waals surface area contributed by atoms with Crippen LogP contribution in [0.2, 0.25) is 0 Å². The number of Topliss-reactive ketones (excluding diaryl/α,β-unsaturated/α-hetero) is 1. The van der Waals surface area contributed by atoms with Crippen LogP contribution in [0.4, 0.5) is 0 Å². The Morgan fingerprint density at radius 2 is 1.97 bits per heavy atom. The number of carbonyl (C=O) groups is 3. The fourth-order valence-electron chi connectivity index (χ4n) is 3.57. The third kappa shape index (κ3) is 8.48. The molecule has 1 fully saturated rings. The zero-order valence-corrected chi connectivity index (χ0v) is 21.7. The second-order valence-corrected chi connectivity index (χ2v) is 10.9. The molecule has 37 heavy (non-hydrogen) atoms. The van der Waals surface area contributed by atoms with Crippen LogP contribution >= 0.6 is 11.3 Å². The molecular formula is C23H29N7O5S2. The highest BCUT2D eigenvalue weighted by atomic mass is 32.2. The summed E-state index contributed by atoms with van der Waals surface area (Å²) in [4.78, 5) is 47.4. The SMILES string of the molecule is NC(N)=NCCCC(NC(=O)CN1CCN(S(=O)(=O)/C=C/c2ccccc2)CC1=O)C(=O)c1nccs1. The Morgan fingerprint density at radius 3 is 2.62 bits per heavy atom. The smallest absolute Gasteiger partial charge is 0.240 e. The minimum Gasteiger partial charge on any atom is -0.370 e. The lowest BCUT2D eigenvalue weighted by Crippen LogP contribution is -2.55. The van der Waals surface area contributed by atoms with Gasteiger partial charge in [-0.2, -0.15) is 4.31 Å². The van der Waals surface area contributed by atoms with Crippen LogP contribution in [-0.4, -0.2) is 84.9 Å². The average Bonchev–Trinajstić information content (AvgIpc) is 3.41. The number of aromatic nitrogens is 1. The van der Waals surface area contributed by atoms with Crippen molar-refractivity contribution in [2.75, 3.05) is 32.7 Å². The number of thiazole rings is 1. The third-order valence-corrected chi connectivity index (χ3v) is 7.75. The Balaban J connectivity index is 1.57. The molecule has 1 saturated heterocycles. The molecule has 1 atom stereocenters. The summed E-state index contributed by atoms with van der Waals surface area (Å²) in [7, 11) is -3.81. The quantitative estimate of drug-likeness (QED) is 0.144. The Kier molecular flexibility index (Phi) is 9.88. The number of hydrogen-bond acceptors (Lipinski definition) is 8. The number of ketones is 1. The first-order valence-electron chi connectivity index (χ1n) is 11.5. The van der Waals surface area contributed by atoms with Crippen LogP contribution in [0.25, 0.3) is 6.08 Å². The predicted octanol–water partition coefficient (Wildman–Crippen LogP) is 0.00910. The topological polar surface area (TPSA) is 181 Å². The van der Waals surface area contributed by atoms with E-state index in [0.717, 1.165) is 21.1 Å². The van der Waals surface area contributed by atoms with Crippen molar-refractivity contribution in [1.29, 1.82) is 0 Å². The van der Waals surface area contributed by atoms with Crippen molar-refractivity contribution in [1.82, 2.24) is 19.5 Å². The van der Waals surface area contributed by atoms with Gasteiger partial charge in [-0.3, -0.25) is 19.4 Å². The summed E-state index contributed by atoms with van der Waals surface area (Å²) in [5, 5.41) is 5.65. The van der Waals surface area contributed by atoms with Crippen LogP contribution in [-0.2, 0) is 19.6 Å². The molecule has 1 aromatic carbocycles. The van der Waals surface area contributed by atoms with Gasteiger partial charge < -0.3 is 21.7 Å². The monoisotopic (exact) mass is 547 g/mol. The van der Waals surface area contributed by atoms with Gasteiger partial charge in [0.25, 0.3) is 0 Å². The number of aliphatic imine (C=N–C) groups is 1. The number of piperazine rings is 1. The zero-order chi connectivity index (χ0) is 26.8. The first-order valence-corrected chi connectivity index (χ1v) is 13.8. The minimum absolute atomic E-state index is 0.0419. The van der Waals surface area contributed by atoms with Gasteiger partial charge in [0.15, 0.2) is 11.0 Å². The summed E-state index contributed by atoms with van der Waals surface area (Å²) in [6, 6.07) is 8.07. The molecule has 0 spiro atoms. The second-order valence-electron chi connectivity index (χ2n) is 8.18. The van der Waals surface area contributed by atoms with Gasteiger partial charge in [0.05, 0.1) is 19.1 Å². The van der Waals surface area contributed by atoms with Gasteiger partial charge >= 0.3 is 0 Å². The molecule has 0 bridgehead atoms. The lowest BCUT2D eigenvalue weighted by Gasteiger charge is -2.32. The number of amides is 2. The summed E-state index contributed by atoms with van der Waals surface area (Å²) in [6.07, 6.45) is 3.67. The summed E-state index contributed by atoms with van der Waals surface area (Å²) in [5.41, 5.74) is 11.4. The van der Waals surface area contributed by atoms with Gasteiger partial charge in [0.2, 0.25) is 27.6 Å². The first kappa shape index (κ1) is 28.0. The standard InChI is InChI=1S/C23H29N7O5S2/c24-23(25)27-9-4-7-18(21(33)22-26-10-13-36-22)28-19(31)15-29-11-12-30(16-20(29)32)37(34,35)14-8-17-5-2-1-3-6-17/h1-3,5-6,8,10,13-14,18H,4,7,9,11-12,15-16H2,(H,28,31)(H4,24,25,27)/b14-8+. The number of hydrogen-bond donors (Lipinski definition) is 3. The maximum atomic E-state index is 12.8. The lowest BCUT2D eigenvalue weighted by atomic mass is 10.1. The van der Waals surface area contributed by atoms with Crippen LogP contribution in [0.15, 0.2) is 52.3 Å². The molecular weight excluding hydrogens is 518 g/mol. The normalized spacial score (nSPS) is 15.5. The maximum Gasteiger partial charge on any atom is 0.240 e. The van der Waals surface area contributed by atoms with E-state index in [2.05, 4.69) is 15.3 Å². The average molecular weight is 548 g/mol. The largest absolute Gasteiger partial charge is 0.370 e. The molecule has 1 aromatic heterocycles. The van der Waals surface area contributed by atoms with Crippen molar-refractivity contribution >= 4 is 51.0 Å². The Morgan fingerprint density at radius 1 is 1.22 bits per heavy atom. The zero-order valence-electron chi connectivity index (χ0n) is 20.0. The van der Waals surface area contributed by atoms with Crippen molar-refractivity contribution in [2.45, 2.75) is 18.9 Å². The van der Waals surface area contributed by atoms with Crippen molar-refractivity contribution in [2.24, 2.45) is 16.5 Å². The summed E-state index contributed by atoms with van der Waals surface area (Å²) >= 11 is 1.16. The van der Waals surface area contributed by atoms with E-state index in [0.29, 0.717) is 12.0 Å². The molecule has 5 N–H and O–H groups in total. The van der Waals surface area contributed by atoms with Gasteiger partial charge in [-0.25, -0.2) is 13.4 Å². The lowest BCUT2D eigenvalue weighted by molar-refractivity contribution is -0.138. The van der Waals surface area contributed by atoms with Gasteiger partial charge in [-0.1, -0.05) is 30.3 Å². The number of nitrogens with one attached hydrogen (secondary N) is 1. The molecule has 1 aliphatic rings. The molecule has 14 heteroatoms. The van der Waals surface area contributed by atoms with Crippen LogP contribution in [0.5, 0.6) is 0 Å². The highest BCUT2D eigenvalue weighted by molar-refractivity contribution is 7.92. The van der Waals surface area contributed by atoms with Crippen molar-refractivity contribution in [3.63, 3.8) is 0 Å². The summed E-state index contributed by atoms with van der Waals surface area (Å²) in [5.74, 6) is -1.46. The Labute approximate surface area is 219 Å². The number of guanidine groups is 1. The molecule has 0 aliphatic carbocycles. The molecule has 2 aromatic rings. The third-order valence-electron chi connectivity index (χ3n) is 5.45. The van der Waals surface area contributed by atoms with Crippen LogP contribution in [0, 0.1) is 0 Å². The van der Waals surface area contributed by atoms with Crippen LogP contribution in [0.3, 0.4) is 0 Å². The van der Waals surface area contributed by atoms with E-state index < -0.39 is 27.9 Å². The summed E-state index contributed by atoms with van der Waals surface area (Å²) < 4.78 is 26.4. The van der Waals surface area contributed by atoms with Gasteiger partial charge in [0.1, 0.15) is 0 Å². The van der Waals surface area contributed by atoms with Crippen LogP contribution in [0.1, 0.15) is 28.2 Å². The molecule has 2 amide bonds. The number of carbonyl (C=O) groups excluding carboxylic acids is 3. The molecule has 1 unspecified atom stereocenters. The number of sulfonamides is 1. The molecule has 2 heterocycles. The number of nitrogens with two attached hydrogens (primary N) is 2. The van der Waals surface area contributed by atoms with E-state index in [1.807, 2.05) is 6.07 Å². The highest BCUT2D eigenvalue weighted by Gasteiger charge is 2.32. The van der Waals surface area contributed by atoms with Crippen molar-refractivity contribution in [3.8, 4) is 0 Å². The highest BCUT2D eigenvalue weighted by Crippen LogP contribution is 2.14. The molecule has 198 valence electrons. The van der Waals surface area contributed by atoms with Gasteiger partial charge in [0, 0.05) is 36.6 Å². The van der Waals surface area contributed by atoms with E-state index in [-0.39, 0.29) is 55.9 Å². The Bertz CT molecular complexity index is 1240. The number of nitrogens with zero attached hydrogens (tertiary/aromatic N) is 4. The summed E-state index contributed by atoms with van der Waals surface area (Å²) in [6.45, 7) is -0.314. The Hall–Kier alpha value is -3.62. The fraction of sp³-hybridized carbons (Fsp3) is 0.348. The van der Waals surface area contributed by atoms with E-state index in [4.69, 9.17) is 11.5 Å². The van der Waals surface area contributed by atoms with Crippen LogP contribution < -0.4 is 16.8 Å². The van der Waals surface area contributed by atoms with Gasteiger partial charge in [-0.15, -0.1) is 11.3 Å². The molecule has 1 aliphatic heterocycles. The molecule has 0 radical (unpaired) electrons. The van der Waals surface area contributed by atoms with E-state index in [1.54, 1.807) is 29.6 Å². The first-order chi connectivity index (χ1) is 17.7. The second kappa shape index (κ2) is 13.1. The van der Waals surface area contributed by atoms with E-state index in [9.17, 15) is 22.8 Å². The van der Waals surface area contributed by atoms with Crippen molar-refractivity contribution < 1.29 is 22.8 Å². The van der Waals surface area contributed by atoms with Crippen molar-refractivity contribution in [3.05, 3.63) is 57.9 Å². The van der Waals surface area contributed by atoms with Gasteiger partial charge in [-0.05, 0) is 24.5 Å². The predicted molar refractivity (Wildman–Crippen MR) is 141 cm³/mol.